The van der Waals surface area contributed by atoms with Crippen LogP contribution in [0.15, 0.2) is 18.5 Å². The molecule has 1 saturated carbocycles. The maximum Gasteiger partial charge on any atom is 0.137 e. The zero-order valence-electron chi connectivity index (χ0n) is 13.8. The van der Waals surface area contributed by atoms with E-state index in [-0.39, 0.29) is 0 Å². The summed E-state index contributed by atoms with van der Waals surface area (Å²) in [5.74, 6) is 3.08. The van der Waals surface area contributed by atoms with Crippen LogP contribution in [0, 0.1) is 11.8 Å². The number of nitrogens with one attached hydrogen (secondary N) is 1. The van der Waals surface area contributed by atoms with Gasteiger partial charge in [-0.15, -0.1) is 0 Å². The quantitative estimate of drug-likeness (QED) is 0.824. The van der Waals surface area contributed by atoms with Gasteiger partial charge in [-0.3, -0.25) is 4.98 Å². The van der Waals surface area contributed by atoms with Gasteiger partial charge in [0.1, 0.15) is 5.75 Å². The number of rotatable bonds is 7. The first kappa shape index (κ1) is 16.3. The molecule has 0 radical (unpaired) electrons. The largest absolute Gasteiger partial charge is 0.492 e. The molecule has 0 amide bonds. The van der Waals surface area contributed by atoms with E-state index in [9.17, 15) is 0 Å². The topological polar surface area (TPSA) is 34.1 Å². The van der Waals surface area contributed by atoms with Crippen LogP contribution in [-0.2, 0) is 0 Å². The van der Waals surface area contributed by atoms with Crippen molar-refractivity contribution in [3.05, 3.63) is 24.0 Å². The molecule has 1 aromatic rings. The molecule has 0 saturated heterocycles. The highest BCUT2D eigenvalue weighted by atomic mass is 16.5. The Hall–Kier alpha value is -1.09. The first-order chi connectivity index (χ1) is 10.2. The second-order valence-electron chi connectivity index (χ2n) is 6.39. The van der Waals surface area contributed by atoms with Crippen LogP contribution in [-0.4, -0.2) is 24.7 Å². The van der Waals surface area contributed by atoms with Crippen molar-refractivity contribution in [1.82, 2.24) is 10.3 Å². The van der Waals surface area contributed by atoms with E-state index >= 15 is 0 Å². The van der Waals surface area contributed by atoms with Crippen molar-refractivity contribution in [2.45, 2.75) is 52.4 Å². The van der Waals surface area contributed by atoms with Crippen LogP contribution >= 0.6 is 0 Å². The Morgan fingerprint density at radius 3 is 2.90 bits per heavy atom. The normalized spacial score (nSPS) is 25.8. The van der Waals surface area contributed by atoms with E-state index in [2.05, 4.69) is 37.1 Å². The van der Waals surface area contributed by atoms with Crippen molar-refractivity contribution >= 4 is 0 Å². The Labute approximate surface area is 129 Å². The first-order valence-corrected chi connectivity index (χ1v) is 8.53. The molecule has 3 nitrogen and oxygen atoms in total. The molecule has 0 aromatic carbocycles. The molecule has 2 rings (SSSR count). The minimum absolute atomic E-state index is 0.616. The monoisotopic (exact) mass is 290 g/mol. The molecule has 21 heavy (non-hydrogen) atoms. The van der Waals surface area contributed by atoms with Gasteiger partial charge < -0.3 is 10.1 Å². The summed E-state index contributed by atoms with van der Waals surface area (Å²) in [6, 6.07) is 2.21. The number of hydrogen-bond donors (Lipinski definition) is 1. The van der Waals surface area contributed by atoms with Crippen LogP contribution in [0.2, 0.25) is 0 Å². The van der Waals surface area contributed by atoms with Gasteiger partial charge in [-0.2, -0.15) is 0 Å². The molecule has 1 heterocycles. The van der Waals surface area contributed by atoms with E-state index in [0.29, 0.717) is 5.92 Å². The lowest BCUT2D eigenvalue weighted by molar-refractivity contribution is 0.241. The number of nitrogens with zero attached hydrogens (tertiary/aromatic N) is 1. The second-order valence-corrected chi connectivity index (χ2v) is 6.39. The van der Waals surface area contributed by atoms with Crippen LogP contribution in [0.5, 0.6) is 5.75 Å². The molecule has 0 spiro atoms. The highest BCUT2D eigenvalue weighted by Crippen LogP contribution is 2.40. The third-order valence-electron chi connectivity index (χ3n) is 4.55. The van der Waals surface area contributed by atoms with Gasteiger partial charge in [0.05, 0.1) is 12.8 Å². The second kappa shape index (κ2) is 8.38. The summed E-state index contributed by atoms with van der Waals surface area (Å²) >= 11 is 0. The zero-order valence-corrected chi connectivity index (χ0v) is 13.8. The molecule has 1 aliphatic carbocycles. The summed E-state index contributed by atoms with van der Waals surface area (Å²) in [4.78, 5) is 4.41. The number of aromatic nitrogens is 1. The maximum atomic E-state index is 5.75. The van der Waals surface area contributed by atoms with Gasteiger partial charge in [0.25, 0.3) is 0 Å². The predicted molar refractivity (Wildman–Crippen MR) is 87.8 cm³/mol. The Kier molecular flexibility index (Phi) is 6.50. The molecule has 3 unspecified atom stereocenters. The first-order valence-electron chi connectivity index (χ1n) is 8.53. The van der Waals surface area contributed by atoms with Crippen LogP contribution in [0.25, 0.3) is 0 Å². The molecule has 1 N–H and O–H groups in total. The van der Waals surface area contributed by atoms with E-state index in [4.69, 9.17) is 4.74 Å². The van der Waals surface area contributed by atoms with Gasteiger partial charge in [-0.1, -0.05) is 27.2 Å². The van der Waals surface area contributed by atoms with Crippen molar-refractivity contribution < 1.29 is 4.74 Å². The third-order valence-corrected chi connectivity index (χ3v) is 4.55. The highest BCUT2D eigenvalue weighted by molar-refractivity contribution is 5.27. The van der Waals surface area contributed by atoms with Crippen molar-refractivity contribution in [3.63, 3.8) is 0 Å². The minimum atomic E-state index is 0.616. The molecule has 3 heteroatoms. The summed E-state index contributed by atoms with van der Waals surface area (Å²) in [6.45, 7) is 9.63. The fourth-order valence-electron chi connectivity index (χ4n) is 3.36. The molecule has 1 fully saturated rings. The summed E-state index contributed by atoms with van der Waals surface area (Å²) in [5.41, 5.74) is 1.36. The Balaban J connectivity index is 2.11. The highest BCUT2D eigenvalue weighted by Gasteiger charge is 2.29. The number of ether oxygens (including phenoxy) is 1. The summed E-state index contributed by atoms with van der Waals surface area (Å²) < 4.78 is 5.75. The number of hydrogen-bond acceptors (Lipinski definition) is 3. The minimum Gasteiger partial charge on any atom is -0.492 e. The van der Waals surface area contributed by atoms with E-state index in [0.717, 1.165) is 43.7 Å². The summed E-state index contributed by atoms with van der Waals surface area (Å²) in [7, 11) is 0. The van der Waals surface area contributed by atoms with Gasteiger partial charge in [0.15, 0.2) is 0 Å². The average molecular weight is 290 g/mol. The van der Waals surface area contributed by atoms with Crippen molar-refractivity contribution in [3.8, 4) is 5.75 Å². The van der Waals surface area contributed by atoms with Crippen LogP contribution in [0.3, 0.4) is 0 Å². The lowest BCUT2D eigenvalue weighted by Crippen LogP contribution is -2.31. The van der Waals surface area contributed by atoms with Gasteiger partial charge in [0, 0.05) is 6.20 Å². The van der Waals surface area contributed by atoms with Gasteiger partial charge >= 0.3 is 0 Å². The zero-order chi connectivity index (χ0) is 15.1. The van der Waals surface area contributed by atoms with Gasteiger partial charge in [-0.25, -0.2) is 0 Å². The van der Waals surface area contributed by atoms with E-state index in [1.807, 2.05) is 12.4 Å². The Morgan fingerprint density at radius 1 is 1.29 bits per heavy atom. The molecule has 1 aromatic heterocycles. The molecule has 3 atom stereocenters. The molecule has 118 valence electrons. The lowest BCUT2D eigenvalue weighted by atomic mass is 9.72. The molecule has 0 bridgehead atoms. The maximum absolute atomic E-state index is 5.75. The molecular formula is C18H30N2O. The van der Waals surface area contributed by atoms with Crippen LogP contribution in [0.1, 0.15) is 57.9 Å². The number of pyridine rings is 1. The smallest absolute Gasteiger partial charge is 0.137 e. The van der Waals surface area contributed by atoms with Crippen LogP contribution in [0.4, 0.5) is 0 Å². The average Bonchev–Trinajstić information content (AvgIpc) is 2.52. The summed E-state index contributed by atoms with van der Waals surface area (Å²) in [6.07, 6.45) is 8.86. The molecular weight excluding hydrogens is 260 g/mol. The Bertz CT molecular complexity index is 419. The lowest BCUT2D eigenvalue weighted by Gasteiger charge is -2.35. The summed E-state index contributed by atoms with van der Waals surface area (Å²) in [5, 5.41) is 3.53. The fourth-order valence-corrected chi connectivity index (χ4v) is 3.36. The van der Waals surface area contributed by atoms with Crippen LogP contribution < -0.4 is 10.1 Å². The van der Waals surface area contributed by atoms with Crippen molar-refractivity contribution in [2.75, 3.05) is 19.7 Å². The fraction of sp³-hybridized carbons (Fsp3) is 0.722. The Morgan fingerprint density at radius 2 is 2.14 bits per heavy atom. The predicted octanol–water partition coefficient (Wildman–Crippen LogP) is 4.00. The molecule has 0 aliphatic heterocycles. The standard InChI is InChI=1S/C18H30N2O/c1-4-8-21-17-10-16(12-20-13-17)18-9-14(3)6-7-15(18)11-19-5-2/h10,12-15,18-19H,4-9,11H2,1-3H3. The molecule has 1 aliphatic rings. The van der Waals surface area contributed by atoms with Crippen molar-refractivity contribution in [1.29, 1.82) is 0 Å². The van der Waals surface area contributed by atoms with Crippen molar-refractivity contribution in [2.24, 2.45) is 11.8 Å². The van der Waals surface area contributed by atoms with E-state index in [1.165, 1.54) is 24.8 Å². The van der Waals surface area contributed by atoms with E-state index < -0.39 is 0 Å². The van der Waals surface area contributed by atoms with E-state index in [1.54, 1.807) is 0 Å². The van der Waals surface area contributed by atoms with Gasteiger partial charge in [-0.05, 0) is 61.7 Å². The third kappa shape index (κ3) is 4.70. The van der Waals surface area contributed by atoms with Gasteiger partial charge in [0.2, 0.25) is 0 Å². The SMILES string of the molecule is CCCOc1cncc(C2CC(C)CCC2CNCC)c1.